The molecule has 0 aliphatic carbocycles. The van der Waals surface area contributed by atoms with Crippen LogP contribution in [0.2, 0.25) is 0 Å². The highest BCUT2D eigenvalue weighted by atomic mass is 15.2. The van der Waals surface area contributed by atoms with Gasteiger partial charge in [0.1, 0.15) is 5.82 Å². The second-order valence-electron chi connectivity index (χ2n) is 4.92. The molecule has 0 aromatic carbocycles. The number of rotatable bonds is 6. The molecule has 0 amide bonds. The first-order valence-electron chi connectivity index (χ1n) is 6.38. The van der Waals surface area contributed by atoms with Gasteiger partial charge in [0.15, 0.2) is 0 Å². The van der Waals surface area contributed by atoms with Crippen molar-refractivity contribution in [3.8, 4) is 0 Å². The summed E-state index contributed by atoms with van der Waals surface area (Å²) in [5.41, 5.74) is 0. The summed E-state index contributed by atoms with van der Waals surface area (Å²) in [6, 6.07) is 0. The van der Waals surface area contributed by atoms with Crippen LogP contribution in [0.1, 0.15) is 19.7 Å². The summed E-state index contributed by atoms with van der Waals surface area (Å²) >= 11 is 0. The van der Waals surface area contributed by atoms with Crippen LogP contribution in [-0.2, 0) is 20.0 Å². The molecule has 2 aromatic heterocycles. The Morgan fingerprint density at radius 1 is 1.22 bits per heavy atom. The molecule has 1 N–H and O–H groups in total. The molecule has 2 heterocycles. The average Bonchev–Trinajstić information content (AvgIpc) is 2.92. The molecule has 0 aliphatic heterocycles. The van der Waals surface area contributed by atoms with E-state index in [4.69, 9.17) is 0 Å². The van der Waals surface area contributed by atoms with Gasteiger partial charge in [-0.05, 0) is 5.92 Å². The maximum absolute atomic E-state index is 4.34. The lowest BCUT2D eigenvalue weighted by Gasteiger charge is -2.11. The molecule has 0 unspecified atom stereocenters. The molecule has 0 radical (unpaired) electrons. The summed E-state index contributed by atoms with van der Waals surface area (Å²) in [6.45, 7) is 6.22. The highest BCUT2D eigenvalue weighted by Crippen LogP contribution is 2.07. The molecule has 5 heteroatoms. The molecule has 0 bridgehead atoms. The van der Waals surface area contributed by atoms with Crippen LogP contribution in [0.4, 0.5) is 5.95 Å². The van der Waals surface area contributed by atoms with Gasteiger partial charge in [-0.15, -0.1) is 0 Å². The van der Waals surface area contributed by atoms with Crippen LogP contribution in [-0.4, -0.2) is 25.6 Å². The fourth-order valence-corrected chi connectivity index (χ4v) is 1.81. The number of nitrogens with zero attached hydrogens (tertiary/aromatic N) is 4. The van der Waals surface area contributed by atoms with Gasteiger partial charge in [0, 0.05) is 51.3 Å². The van der Waals surface area contributed by atoms with Crippen LogP contribution >= 0.6 is 0 Å². The Kier molecular flexibility index (Phi) is 4.02. The quantitative estimate of drug-likeness (QED) is 0.848. The summed E-state index contributed by atoms with van der Waals surface area (Å²) in [5, 5.41) is 3.36. The first kappa shape index (κ1) is 12.7. The lowest BCUT2D eigenvalue weighted by Crippen LogP contribution is -2.14. The molecule has 0 saturated heterocycles. The molecule has 5 nitrogen and oxygen atoms in total. The van der Waals surface area contributed by atoms with Gasteiger partial charge < -0.3 is 14.5 Å². The highest BCUT2D eigenvalue weighted by molar-refractivity contribution is 5.25. The van der Waals surface area contributed by atoms with Crippen molar-refractivity contribution < 1.29 is 0 Å². The number of nitrogens with one attached hydrogen (secondary N) is 1. The summed E-state index contributed by atoms with van der Waals surface area (Å²) in [7, 11) is 2.02. The first-order chi connectivity index (χ1) is 8.66. The zero-order valence-electron chi connectivity index (χ0n) is 11.3. The molecule has 18 heavy (non-hydrogen) atoms. The Morgan fingerprint density at radius 3 is 2.67 bits per heavy atom. The molecular formula is C13H21N5. The van der Waals surface area contributed by atoms with E-state index in [0.29, 0.717) is 5.92 Å². The smallest absolute Gasteiger partial charge is 0.202 e. The summed E-state index contributed by atoms with van der Waals surface area (Å²) in [4.78, 5) is 8.66. The molecule has 0 spiro atoms. The van der Waals surface area contributed by atoms with E-state index in [1.54, 1.807) is 0 Å². The predicted octanol–water partition coefficient (Wildman–Crippen LogP) is 1.93. The Morgan fingerprint density at radius 2 is 2.00 bits per heavy atom. The van der Waals surface area contributed by atoms with Crippen LogP contribution in [0.3, 0.4) is 0 Å². The van der Waals surface area contributed by atoms with Crippen molar-refractivity contribution in [1.82, 2.24) is 19.1 Å². The second kappa shape index (κ2) is 5.71. The van der Waals surface area contributed by atoms with Gasteiger partial charge in [-0.2, -0.15) is 0 Å². The van der Waals surface area contributed by atoms with Gasteiger partial charge in [0.05, 0.1) is 0 Å². The van der Waals surface area contributed by atoms with E-state index in [-0.39, 0.29) is 0 Å². The van der Waals surface area contributed by atoms with Crippen molar-refractivity contribution in [2.45, 2.75) is 26.8 Å². The van der Waals surface area contributed by atoms with Crippen molar-refractivity contribution in [2.75, 3.05) is 11.9 Å². The summed E-state index contributed by atoms with van der Waals surface area (Å²) < 4.78 is 4.19. The molecule has 0 fully saturated rings. The number of aromatic nitrogens is 4. The van der Waals surface area contributed by atoms with E-state index in [1.807, 2.05) is 31.8 Å². The highest BCUT2D eigenvalue weighted by Gasteiger charge is 2.05. The van der Waals surface area contributed by atoms with E-state index in [2.05, 4.69) is 38.3 Å². The van der Waals surface area contributed by atoms with Crippen molar-refractivity contribution in [3.63, 3.8) is 0 Å². The number of anilines is 1. The van der Waals surface area contributed by atoms with Crippen LogP contribution in [0.5, 0.6) is 0 Å². The number of imidazole rings is 2. The maximum atomic E-state index is 4.34. The van der Waals surface area contributed by atoms with E-state index in [0.717, 1.165) is 31.3 Å². The summed E-state index contributed by atoms with van der Waals surface area (Å²) in [5.74, 6) is 2.65. The minimum atomic E-state index is 0.615. The van der Waals surface area contributed by atoms with E-state index >= 15 is 0 Å². The fourth-order valence-electron chi connectivity index (χ4n) is 1.81. The van der Waals surface area contributed by atoms with Crippen molar-refractivity contribution in [3.05, 3.63) is 30.6 Å². The third kappa shape index (κ3) is 3.12. The Bertz CT molecular complexity index is 483. The van der Waals surface area contributed by atoms with Crippen molar-refractivity contribution in [1.29, 1.82) is 0 Å². The molecule has 2 aromatic rings. The minimum Gasteiger partial charge on any atom is -0.355 e. The normalized spacial score (nSPS) is 11.1. The van der Waals surface area contributed by atoms with Gasteiger partial charge in [-0.3, -0.25) is 0 Å². The maximum Gasteiger partial charge on any atom is 0.202 e. The monoisotopic (exact) mass is 247 g/mol. The SMILES string of the molecule is CC(C)CNc1nccn1CCc1nccn1C. The van der Waals surface area contributed by atoms with Gasteiger partial charge >= 0.3 is 0 Å². The fraction of sp³-hybridized carbons (Fsp3) is 0.538. The molecular weight excluding hydrogens is 226 g/mol. The van der Waals surface area contributed by atoms with Crippen LogP contribution < -0.4 is 5.32 Å². The molecule has 0 aliphatic rings. The zero-order valence-corrected chi connectivity index (χ0v) is 11.3. The third-order valence-electron chi connectivity index (χ3n) is 2.88. The Balaban J connectivity index is 1.93. The van der Waals surface area contributed by atoms with Gasteiger partial charge in [0.25, 0.3) is 0 Å². The number of hydrogen-bond acceptors (Lipinski definition) is 3. The minimum absolute atomic E-state index is 0.615. The first-order valence-corrected chi connectivity index (χ1v) is 6.38. The van der Waals surface area contributed by atoms with Crippen LogP contribution in [0, 0.1) is 5.92 Å². The zero-order chi connectivity index (χ0) is 13.0. The molecule has 98 valence electrons. The predicted molar refractivity (Wildman–Crippen MR) is 72.5 cm³/mol. The second-order valence-corrected chi connectivity index (χ2v) is 4.92. The van der Waals surface area contributed by atoms with Crippen molar-refractivity contribution in [2.24, 2.45) is 13.0 Å². The van der Waals surface area contributed by atoms with Crippen LogP contribution in [0.25, 0.3) is 0 Å². The summed E-state index contributed by atoms with van der Waals surface area (Å²) in [6.07, 6.45) is 8.56. The Labute approximate surface area is 108 Å². The van der Waals surface area contributed by atoms with E-state index in [1.165, 1.54) is 0 Å². The standard InChI is InChI=1S/C13H21N5/c1-11(2)10-16-13-15-6-9-18(13)7-4-12-14-5-8-17(12)3/h5-6,8-9,11H,4,7,10H2,1-3H3,(H,15,16). The lowest BCUT2D eigenvalue weighted by atomic mass is 10.2. The topological polar surface area (TPSA) is 47.7 Å². The van der Waals surface area contributed by atoms with E-state index < -0.39 is 0 Å². The van der Waals surface area contributed by atoms with Gasteiger partial charge in [0.2, 0.25) is 5.95 Å². The van der Waals surface area contributed by atoms with Gasteiger partial charge in [-0.1, -0.05) is 13.8 Å². The van der Waals surface area contributed by atoms with Crippen molar-refractivity contribution >= 4 is 5.95 Å². The third-order valence-corrected chi connectivity index (χ3v) is 2.88. The average molecular weight is 247 g/mol. The molecule has 0 atom stereocenters. The largest absolute Gasteiger partial charge is 0.355 e. The van der Waals surface area contributed by atoms with Gasteiger partial charge in [-0.25, -0.2) is 9.97 Å². The number of aryl methyl sites for hydroxylation is 3. The van der Waals surface area contributed by atoms with E-state index in [9.17, 15) is 0 Å². The number of hydrogen-bond donors (Lipinski definition) is 1. The Hall–Kier alpha value is -1.78. The molecule has 0 saturated carbocycles. The molecule has 2 rings (SSSR count). The van der Waals surface area contributed by atoms with Crippen LogP contribution in [0.15, 0.2) is 24.8 Å². The lowest BCUT2D eigenvalue weighted by molar-refractivity contribution is 0.639.